The van der Waals surface area contributed by atoms with Crippen LogP contribution in [0, 0.1) is 6.92 Å². The molecule has 0 saturated carbocycles. The Hall–Kier alpha value is -2.36. The number of nitrogen functional groups attached to an aromatic ring is 1. The van der Waals surface area contributed by atoms with Gasteiger partial charge in [-0.2, -0.15) is 0 Å². The fourth-order valence-corrected chi connectivity index (χ4v) is 1.74. The lowest BCUT2D eigenvalue weighted by Crippen LogP contribution is -2.11. The summed E-state index contributed by atoms with van der Waals surface area (Å²) < 4.78 is 5.22. The molecule has 2 N–H and O–H groups in total. The van der Waals surface area contributed by atoms with Crippen molar-refractivity contribution < 1.29 is 9.53 Å². The van der Waals surface area contributed by atoms with Gasteiger partial charge in [0, 0.05) is 24.5 Å². The van der Waals surface area contributed by atoms with Crippen molar-refractivity contribution in [3.63, 3.8) is 0 Å². The molecule has 1 heterocycles. The minimum atomic E-state index is -0.384. The monoisotopic (exact) mass is 256 g/mol. The molecule has 0 atom stereocenters. The van der Waals surface area contributed by atoms with Crippen LogP contribution in [0.25, 0.3) is 0 Å². The van der Waals surface area contributed by atoms with E-state index in [-0.39, 0.29) is 5.97 Å². The molecule has 19 heavy (non-hydrogen) atoms. The Morgan fingerprint density at radius 1 is 1.32 bits per heavy atom. The van der Waals surface area contributed by atoms with Gasteiger partial charge in [-0.25, -0.2) is 4.79 Å². The topological polar surface area (TPSA) is 65.2 Å². The van der Waals surface area contributed by atoms with E-state index < -0.39 is 0 Å². The fraction of sp³-hybridized carbons (Fsp3) is 0.200. The first-order valence-electron chi connectivity index (χ1n) is 6.09. The second-order valence-electron chi connectivity index (χ2n) is 4.28. The van der Waals surface area contributed by atoms with E-state index in [1.54, 1.807) is 24.5 Å². The molecule has 0 aliphatic heterocycles. The maximum absolute atomic E-state index is 11.9. The van der Waals surface area contributed by atoms with Gasteiger partial charge in [0.2, 0.25) is 0 Å². The number of nitrogens with two attached hydrogens (primary N) is 1. The number of ether oxygens (including phenoxy) is 1. The van der Waals surface area contributed by atoms with Gasteiger partial charge in [0.15, 0.2) is 0 Å². The van der Waals surface area contributed by atoms with Gasteiger partial charge in [-0.05, 0) is 30.2 Å². The highest BCUT2D eigenvalue weighted by molar-refractivity contribution is 5.95. The Kier molecular flexibility index (Phi) is 4.13. The molecule has 0 aliphatic carbocycles. The standard InChI is InChI=1S/C15H16N2O2/c1-11-4-2-6-13(14(11)16)15(18)19-9-7-12-5-3-8-17-10-12/h2-6,8,10H,7,9,16H2,1H3. The summed E-state index contributed by atoms with van der Waals surface area (Å²) in [6.07, 6.45) is 4.11. The molecule has 4 nitrogen and oxygen atoms in total. The van der Waals surface area contributed by atoms with Gasteiger partial charge in [-0.15, -0.1) is 0 Å². The van der Waals surface area contributed by atoms with Crippen molar-refractivity contribution in [2.24, 2.45) is 0 Å². The molecule has 2 rings (SSSR count). The number of benzene rings is 1. The maximum Gasteiger partial charge on any atom is 0.340 e. The summed E-state index contributed by atoms with van der Waals surface area (Å²) in [5, 5.41) is 0. The number of hydrogen-bond donors (Lipinski definition) is 1. The van der Waals surface area contributed by atoms with E-state index in [0.29, 0.717) is 24.3 Å². The van der Waals surface area contributed by atoms with Crippen LogP contribution in [-0.4, -0.2) is 17.6 Å². The van der Waals surface area contributed by atoms with Gasteiger partial charge < -0.3 is 10.5 Å². The van der Waals surface area contributed by atoms with Crippen LogP contribution in [0.1, 0.15) is 21.5 Å². The van der Waals surface area contributed by atoms with E-state index in [1.165, 1.54) is 0 Å². The predicted molar refractivity (Wildman–Crippen MR) is 73.8 cm³/mol. The van der Waals surface area contributed by atoms with Gasteiger partial charge in [0.05, 0.1) is 12.2 Å². The first kappa shape index (κ1) is 13.1. The van der Waals surface area contributed by atoms with Gasteiger partial charge in [-0.1, -0.05) is 18.2 Å². The van der Waals surface area contributed by atoms with Crippen molar-refractivity contribution in [3.05, 3.63) is 59.4 Å². The first-order chi connectivity index (χ1) is 9.18. The Morgan fingerprint density at radius 3 is 2.89 bits per heavy atom. The number of carbonyl (C=O) groups is 1. The molecule has 98 valence electrons. The molecule has 0 saturated heterocycles. The number of aromatic nitrogens is 1. The van der Waals surface area contributed by atoms with E-state index >= 15 is 0 Å². The lowest BCUT2D eigenvalue weighted by molar-refractivity contribution is 0.0510. The zero-order chi connectivity index (χ0) is 13.7. The zero-order valence-corrected chi connectivity index (χ0v) is 10.8. The highest BCUT2D eigenvalue weighted by atomic mass is 16.5. The van der Waals surface area contributed by atoms with Crippen LogP contribution < -0.4 is 5.73 Å². The van der Waals surface area contributed by atoms with Crippen LogP contribution in [0.3, 0.4) is 0 Å². The van der Waals surface area contributed by atoms with Crippen LogP contribution in [0.4, 0.5) is 5.69 Å². The molecule has 0 unspecified atom stereocenters. The van der Waals surface area contributed by atoms with E-state index in [9.17, 15) is 4.79 Å². The molecule has 0 aliphatic rings. The van der Waals surface area contributed by atoms with Crippen molar-refractivity contribution >= 4 is 11.7 Å². The predicted octanol–water partition coefficient (Wildman–Crippen LogP) is 2.37. The normalized spacial score (nSPS) is 10.2. The summed E-state index contributed by atoms with van der Waals surface area (Å²) in [5.41, 5.74) is 8.67. The summed E-state index contributed by atoms with van der Waals surface area (Å²) in [5.74, 6) is -0.384. The van der Waals surface area contributed by atoms with Gasteiger partial charge in [0.1, 0.15) is 0 Å². The Morgan fingerprint density at radius 2 is 2.16 bits per heavy atom. The second-order valence-corrected chi connectivity index (χ2v) is 4.28. The highest BCUT2D eigenvalue weighted by Gasteiger charge is 2.11. The van der Waals surface area contributed by atoms with Crippen LogP contribution in [0.15, 0.2) is 42.7 Å². The molecule has 2 aromatic rings. The SMILES string of the molecule is Cc1cccc(C(=O)OCCc2cccnc2)c1N. The molecule has 1 aromatic carbocycles. The average Bonchev–Trinajstić information content (AvgIpc) is 2.43. The fourth-order valence-electron chi connectivity index (χ4n) is 1.74. The highest BCUT2D eigenvalue weighted by Crippen LogP contribution is 2.17. The molecule has 0 amide bonds. The summed E-state index contributed by atoms with van der Waals surface area (Å²) in [6.45, 7) is 2.18. The third-order valence-electron chi connectivity index (χ3n) is 2.89. The number of hydrogen-bond acceptors (Lipinski definition) is 4. The van der Waals surface area contributed by atoms with Crippen molar-refractivity contribution in [2.75, 3.05) is 12.3 Å². The quantitative estimate of drug-likeness (QED) is 0.673. The van der Waals surface area contributed by atoms with Gasteiger partial charge in [0.25, 0.3) is 0 Å². The summed E-state index contributed by atoms with van der Waals surface area (Å²) >= 11 is 0. The third kappa shape index (κ3) is 3.31. The van der Waals surface area contributed by atoms with Crippen LogP contribution in [0.2, 0.25) is 0 Å². The number of nitrogens with zero attached hydrogens (tertiary/aromatic N) is 1. The summed E-state index contributed by atoms with van der Waals surface area (Å²) in [7, 11) is 0. The number of aryl methyl sites for hydroxylation is 1. The van der Waals surface area contributed by atoms with E-state index in [0.717, 1.165) is 11.1 Å². The van der Waals surface area contributed by atoms with Crippen LogP contribution in [0.5, 0.6) is 0 Å². The minimum absolute atomic E-state index is 0.317. The van der Waals surface area contributed by atoms with Crippen molar-refractivity contribution in [3.8, 4) is 0 Å². The number of para-hydroxylation sites is 1. The first-order valence-corrected chi connectivity index (χ1v) is 6.09. The number of esters is 1. The Labute approximate surface area is 112 Å². The van der Waals surface area contributed by atoms with E-state index in [4.69, 9.17) is 10.5 Å². The second kappa shape index (κ2) is 6.00. The van der Waals surface area contributed by atoms with E-state index in [1.807, 2.05) is 25.1 Å². The smallest absolute Gasteiger partial charge is 0.340 e. The number of rotatable bonds is 4. The molecular formula is C15H16N2O2. The maximum atomic E-state index is 11.9. The largest absolute Gasteiger partial charge is 0.462 e. The average molecular weight is 256 g/mol. The summed E-state index contributed by atoms with van der Waals surface area (Å²) in [4.78, 5) is 15.9. The molecule has 0 fully saturated rings. The minimum Gasteiger partial charge on any atom is -0.462 e. The van der Waals surface area contributed by atoms with Crippen molar-refractivity contribution in [1.82, 2.24) is 4.98 Å². The summed E-state index contributed by atoms with van der Waals surface area (Å²) in [6, 6.07) is 9.14. The molecule has 1 aromatic heterocycles. The molecule has 4 heteroatoms. The number of carbonyl (C=O) groups excluding carboxylic acids is 1. The molecule has 0 radical (unpaired) electrons. The third-order valence-corrected chi connectivity index (χ3v) is 2.89. The molecular weight excluding hydrogens is 240 g/mol. The number of anilines is 1. The Balaban J connectivity index is 1.93. The van der Waals surface area contributed by atoms with Crippen molar-refractivity contribution in [1.29, 1.82) is 0 Å². The molecule has 0 spiro atoms. The number of pyridine rings is 1. The zero-order valence-electron chi connectivity index (χ0n) is 10.8. The van der Waals surface area contributed by atoms with Gasteiger partial charge >= 0.3 is 5.97 Å². The lowest BCUT2D eigenvalue weighted by atomic mass is 10.1. The lowest BCUT2D eigenvalue weighted by Gasteiger charge is -2.08. The van der Waals surface area contributed by atoms with Crippen molar-refractivity contribution in [2.45, 2.75) is 13.3 Å². The Bertz CT molecular complexity index is 568. The van der Waals surface area contributed by atoms with Crippen LogP contribution in [-0.2, 0) is 11.2 Å². The molecule has 0 bridgehead atoms. The van der Waals surface area contributed by atoms with Crippen LogP contribution >= 0.6 is 0 Å². The van der Waals surface area contributed by atoms with Gasteiger partial charge in [-0.3, -0.25) is 4.98 Å². The van der Waals surface area contributed by atoms with E-state index in [2.05, 4.69) is 4.98 Å².